The van der Waals surface area contributed by atoms with Gasteiger partial charge in [0.1, 0.15) is 11.9 Å². The summed E-state index contributed by atoms with van der Waals surface area (Å²) in [6, 6.07) is 5.78. The first-order valence-electron chi connectivity index (χ1n) is 7.39. The molecule has 1 fully saturated rings. The van der Waals surface area contributed by atoms with E-state index in [0.717, 1.165) is 5.56 Å². The summed E-state index contributed by atoms with van der Waals surface area (Å²) < 4.78 is 18.1. The zero-order valence-electron chi connectivity index (χ0n) is 12.8. The molecular formula is C16H21FN2O3. The highest BCUT2D eigenvalue weighted by Gasteiger charge is 2.37. The summed E-state index contributed by atoms with van der Waals surface area (Å²) in [5, 5.41) is 2.90. The molecule has 1 aliphatic rings. The Bertz CT molecular complexity index is 550. The summed E-state index contributed by atoms with van der Waals surface area (Å²) in [4.78, 5) is 25.4. The largest absolute Gasteiger partial charge is 0.468 e. The average Bonchev–Trinajstić information content (AvgIpc) is 2.88. The third kappa shape index (κ3) is 4.04. The molecule has 0 unspecified atom stereocenters. The van der Waals surface area contributed by atoms with Gasteiger partial charge in [-0.2, -0.15) is 0 Å². The van der Waals surface area contributed by atoms with E-state index < -0.39 is 6.04 Å². The van der Waals surface area contributed by atoms with E-state index >= 15 is 0 Å². The van der Waals surface area contributed by atoms with E-state index in [1.165, 1.54) is 19.2 Å². The van der Waals surface area contributed by atoms with Crippen molar-refractivity contribution in [3.63, 3.8) is 0 Å². The zero-order valence-corrected chi connectivity index (χ0v) is 12.8. The summed E-state index contributed by atoms with van der Waals surface area (Å²) in [6.07, 6.45) is 0.914. The van der Waals surface area contributed by atoms with Crippen LogP contribution in [0.25, 0.3) is 0 Å². The van der Waals surface area contributed by atoms with Gasteiger partial charge in [-0.1, -0.05) is 19.1 Å². The molecule has 1 aromatic carbocycles. The van der Waals surface area contributed by atoms with E-state index in [0.29, 0.717) is 25.9 Å². The van der Waals surface area contributed by atoms with Gasteiger partial charge in [0.05, 0.1) is 7.11 Å². The molecule has 0 bridgehead atoms. The molecule has 0 aromatic heterocycles. The highest BCUT2D eigenvalue weighted by Crippen LogP contribution is 2.22. The zero-order chi connectivity index (χ0) is 16.1. The van der Waals surface area contributed by atoms with Gasteiger partial charge in [-0.3, -0.25) is 14.5 Å². The lowest BCUT2D eigenvalue weighted by atomic mass is 10.1. The second-order valence-electron chi connectivity index (χ2n) is 5.45. The Morgan fingerprint density at radius 3 is 2.86 bits per heavy atom. The minimum Gasteiger partial charge on any atom is -0.468 e. The predicted octanol–water partition coefficient (Wildman–Crippen LogP) is 1.47. The van der Waals surface area contributed by atoms with Crippen molar-refractivity contribution in [2.24, 2.45) is 0 Å². The maximum Gasteiger partial charge on any atom is 0.323 e. The molecule has 0 aliphatic carbocycles. The smallest absolute Gasteiger partial charge is 0.323 e. The minimum atomic E-state index is -0.421. The number of hydrogen-bond acceptors (Lipinski definition) is 4. The average molecular weight is 308 g/mol. The number of carbonyl (C=O) groups excluding carboxylic acids is 2. The van der Waals surface area contributed by atoms with Crippen molar-refractivity contribution >= 4 is 11.9 Å². The first-order chi connectivity index (χ1) is 10.5. The molecule has 1 aliphatic heterocycles. The van der Waals surface area contributed by atoms with E-state index in [-0.39, 0.29) is 23.7 Å². The maximum atomic E-state index is 13.3. The Labute approximate surface area is 129 Å². The van der Waals surface area contributed by atoms with Crippen molar-refractivity contribution < 1.29 is 18.7 Å². The Hall–Kier alpha value is -1.95. The number of likely N-dealkylation sites (tertiary alicyclic amines) is 1. The van der Waals surface area contributed by atoms with Gasteiger partial charge in [0.15, 0.2) is 0 Å². The van der Waals surface area contributed by atoms with Gasteiger partial charge >= 0.3 is 5.97 Å². The number of hydrogen-bond donors (Lipinski definition) is 1. The van der Waals surface area contributed by atoms with Crippen molar-refractivity contribution in [1.29, 1.82) is 0 Å². The van der Waals surface area contributed by atoms with Crippen LogP contribution in [0.1, 0.15) is 25.3 Å². The highest BCUT2D eigenvalue weighted by atomic mass is 19.1. The molecule has 22 heavy (non-hydrogen) atoms. The third-order valence-electron chi connectivity index (χ3n) is 3.84. The van der Waals surface area contributed by atoms with E-state index in [9.17, 15) is 14.0 Å². The van der Waals surface area contributed by atoms with E-state index in [1.54, 1.807) is 13.0 Å². The second-order valence-corrected chi connectivity index (χ2v) is 5.45. The fourth-order valence-electron chi connectivity index (χ4n) is 2.76. The van der Waals surface area contributed by atoms with Crippen LogP contribution >= 0.6 is 0 Å². The molecule has 6 heteroatoms. The monoisotopic (exact) mass is 308 g/mol. The van der Waals surface area contributed by atoms with Gasteiger partial charge in [-0.25, -0.2) is 4.39 Å². The molecule has 5 nitrogen and oxygen atoms in total. The Balaban J connectivity index is 2.08. The predicted molar refractivity (Wildman–Crippen MR) is 79.5 cm³/mol. The Morgan fingerprint density at radius 1 is 1.45 bits per heavy atom. The summed E-state index contributed by atoms with van der Waals surface area (Å²) >= 11 is 0. The molecule has 0 radical (unpaired) electrons. The van der Waals surface area contributed by atoms with Crippen LogP contribution < -0.4 is 5.32 Å². The van der Waals surface area contributed by atoms with Crippen LogP contribution in [0.2, 0.25) is 0 Å². The summed E-state index contributed by atoms with van der Waals surface area (Å²) in [6.45, 7) is 2.77. The molecule has 120 valence electrons. The van der Waals surface area contributed by atoms with Gasteiger partial charge in [0, 0.05) is 25.6 Å². The van der Waals surface area contributed by atoms with Gasteiger partial charge in [0.2, 0.25) is 5.91 Å². The number of nitrogens with one attached hydrogen (secondary N) is 1. The quantitative estimate of drug-likeness (QED) is 0.837. The molecule has 2 atom stereocenters. The second kappa shape index (κ2) is 7.35. The van der Waals surface area contributed by atoms with Crippen LogP contribution in [0.15, 0.2) is 24.3 Å². The first kappa shape index (κ1) is 16.4. The lowest BCUT2D eigenvalue weighted by Crippen LogP contribution is -2.37. The fourth-order valence-corrected chi connectivity index (χ4v) is 2.76. The van der Waals surface area contributed by atoms with Gasteiger partial charge in [0.25, 0.3) is 0 Å². The maximum absolute atomic E-state index is 13.3. The summed E-state index contributed by atoms with van der Waals surface area (Å²) in [7, 11) is 1.35. The number of esters is 1. The minimum absolute atomic E-state index is 0.0405. The molecule has 0 spiro atoms. The number of benzene rings is 1. The van der Waals surface area contributed by atoms with Crippen LogP contribution in [0.5, 0.6) is 0 Å². The van der Waals surface area contributed by atoms with Crippen LogP contribution in [0.4, 0.5) is 4.39 Å². The van der Waals surface area contributed by atoms with Crippen LogP contribution in [-0.2, 0) is 20.9 Å². The van der Waals surface area contributed by atoms with Crippen molar-refractivity contribution in [3.8, 4) is 0 Å². The number of ether oxygens (including phenoxy) is 1. The van der Waals surface area contributed by atoms with E-state index in [1.807, 2.05) is 11.0 Å². The SMILES string of the molecule is CCC(=O)N[C@H]1C[C@@H](C(=O)OC)N(Cc2cccc(F)c2)C1. The van der Waals surface area contributed by atoms with Gasteiger partial charge < -0.3 is 10.1 Å². The van der Waals surface area contributed by atoms with Crippen molar-refractivity contribution in [3.05, 3.63) is 35.6 Å². The molecule has 1 saturated heterocycles. The van der Waals surface area contributed by atoms with Crippen LogP contribution in [0, 0.1) is 5.82 Å². The number of methoxy groups -OCH3 is 1. The Morgan fingerprint density at radius 2 is 2.23 bits per heavy atom. The number of rotatable bonds is 5. The van der Waals surface area contributed by atoms with E-state index in [4.69, 9.17) is 4.74 Å². The van der Waals surface area contributed by atoms with Crippen LogP contribution in [-0.4, -0.2) is 42.5 Å². The van der Waals surface area contributed by atoms with E-state index in [2.05, 4.69) is 5.32 Å². The van der Waals surface area contributed by atoms with Gasteiger partial charge in [-0.05, 0) is 24.1 Å². The molecule has 1 N–H and O–H groups in total. The molecule has 1 heterocycles. The number of amides is 1. The molecule has 2 rings (SSSR count). The van der Waals surface area contributed by atoms with Crippen molar-refractivity contribution in [2.45, 2.75) is 38.4 Å². The summed E-state index contributed by atoms with van der Waals surface area (Å²) in [5.41, 5.74) is 0.788. The fraction of sp³-hybridized carbons (Fsp3) is 0.500. The standard InChI is InChI=1S/C16H21FN2O3/c1-3-15(20)18-13-8-14(16(21)22-2)19(10-13)9-11-5-4-6-12(17)7-11/h4-7,13-14H,3,8-10H2,1-2H3,(H,18,20)/t13-,14-/m0/s1. The third-order valence-corrected chi connectivity index (χ3v) is 3.84. The van der Waals surface area contributed by atoms with Crippen molar-refractivity contribution in [1.82, 2.24) is 10.2 Å². The number of halogens is 1. The molecule has 0 saturated carbocycles. The highest BCUT2D eigenvalue weighted by molar-refractivity contribution is 5.78. The van der Waals surface area contributed by atoms with Crippen LogP contribution in [0.3, 0.4) is 0 Å². The Kier molecular flexibility index (Phi) is 5.49. The number of nitrogens with zero attached hydrogens (tertiary/aromatic N) is 1. The van der Waals surface area contributed by atoms with Gasteiger partial charge in [-0.15, -0.1) is 0 Å². The molecular weight excluding hydrogens is 287 g/mol. The normalized spacial score (nSPS) is 21.6. The lowest BCUT2D eigenvalue weighted by Gasteiger charge is -2.22. The topological polar surface area (TPSA) is 58.6 Å². The lowest BCUT2D eigenvalue weighted by molar-refractivity contribution is -0.146. The molecule has 1 amide bonds. The first-order valence-corrected chi connectivity index (χ1v) is 7.39. The molecule has 1 aromatic rings. The summed E-state index contributed by atoms with van der Waals surface area (Å²) in [5.74, 6) is -0.673. The van der Waals surface area contributed by atoms with Crippen molar-refractivity contribution in [2.75, 3.05) is 13.7 Å². The number of carbonyl (C=O) groups is 2.